The lowest BCUT2D eigenvalue weighted by Gasteiger charge is -2.26. The molecule has 3 rings (SSSR count). The lowest BCUT2D eigenvalue weighted by molar-refractivity contribution is 0.0730. The summed E-state index contributed by atoms with van der Waals surface area (Å²) in [6.45, 7) is 5.34. The Bertz CT molecular complexity index is 917. The van der Waals surface area contributed by atoms with Crippen LogP contribution in [-0.2, 0) is 21.2 Å². The van der Waals surface area contributed by atoms with Gasteiger partial charge < -0.3 is 10.1 Å². The van der Waals surface area contributed by atoms with E-state index in [0.717, 1.165) is 17.5 Å². The van der Waals surface area contributed by atoms with Crippen LogP contribution >= 0.6 is 0 Å². The van der Waals surface area contributed by atoms with Gasteiger partial charge in [-0.25, -0.2) is 8.42 Å². The standard InChI is InChI=1S/C20H24N2O4S/c1-3-16-5-7-17(8-6-16)20(23)21-19-14-18(9-4-15(19)2)27(24,25)22-10-12-26-13-11-22/h4-9,14H,3,10-13H2,1-2H3,(H,21,23). The van der Waals surface area contributed by atoms with Crippen molar-refractivity contribution in [2.45, 2.75) is 25.2 Å². The molecular weight excluding hydrogens is 364 g/mol. The molecule has 1 saturated heterocycles. The Morgan fingerprint density at radius 3 is 2.41 bits per heavy atom. The Balaban J connectivity index is 1.83. The summed E-state index contributed by atoms with van der Waals surface area (Å²) < 4.78 is 32.3. The van der Waals surface area contributed by atoms with Crippen molar-refractivity contribution in [1.82, 2.24) is 4.31 Å². The molecule has 27 heavy (non-hydrogen) atoms. The number of hydrogen-bond donors (Lipinski definition) is 1. The van der Waals surface area contributed by atoms with Crippen LogP contribution in [0.4, 0.5) is 5.69 Å². The molecule has 0 aromatic heterocycles. The van der Waals surface area contributed by atoms with E-state index >= 15 is 0 Å². The predicted molar refractivity (Wildman–Crippen MR) is 105 cm³/mol. The highest BCUT2D eigenvalue weighted by Gasteiger charge is 2.26. The van der Waals surface area contributed by atoms with Crippen molar-refractivity contribution in [2.24, 2.45) is 0 Å². The highest BCUT2D eigenvalue weighted by atomic mass is 32.2. The second-order valence-corrected chi connectivity index (χ2v) is 8.44. The summed E-state index contributed by atoms with van der Waals surface area (Å²) in [6, 6.07) is 12.2. The summed E-state index contributed by atoms with van der Waals surface area (Å²) in [5.74, 6) is -0.262. The van der Waals surface area contributed by atoms with Crippen molar-refractivity contribution in [2.75, 3.05) is 31.6 Å². The molecule has 6 nitrogen and oxygen atoms in total. The second kappa shape index (κ2) is 8.21. The van der Waals surface area contributed by atoms with Crippen LogP contribution in [0.15, 0.2) is 47.4 Å². The van der Waals surface area contributed by atoms with Crippen LogP contribution in [-0.4, -0.2) is 44.9 Å². The molecule has 0 radical (unpaired) electrons. The van der Waals surface area contributed by atoms with Gasteiger partial charge >= 0.3 is 0 Å². The zero-order chi connectivity index (χ0) is 19.4. The third-order valence-electron chi connectivity index (χ3n) is 4.69. The first kappa shape index (κ1) is 19.5. The summed E-state index contributed by atoms with van der Waals surface area (Å²) in [5.41, 5.74) is 2.98. The summed E-state index contributed by atoms with van der Waals surface area (Å²) in [4.78, 5) is 12.7. The quantitative estimate of drug-likeness (QED) is 0.855. The largest absolute Gasteiger partial charge is 0.379 e. The van der Waals surface area contributed by atoms with E-state index in [2.05, 4.69) is 12.2 Å². The highest BCUT2D eigenvalue weighted by molar-refractivity contribution is 7.89. The smallest absolute Gasteiger partial charge is 0.255 e. The molecule has 1 aliphatic rings. The van der Waals surface area contributed by atoms with E-state index in [-0.39, 0.29) is 10.8 Å². The van der Waals surface area contributed by atoms with Crippen molar-refractivity contribution in [3.63, 3.8) is 0 Å². The minimum atomic E-state index is -3.61. The van der Waals surface area contributed by atoms with Crippen LogP contribution in [0.25, 0.3) is 0 Å². The minimum Gasteiger partial charge on any atom is -0.379 e. The van der Waals surface area contributed by atoms with E-state index in [0.29, 0.717) is 37.6 Å². The van der Waals surface area contributed by atoms with Crippen LogP contribution in [0, 0.1) is 6.92 Å². The van der Waals surface area contributed by atoms with E-state index in [4.69, 9.17) is 4.74 Å². The molecule has 1 aliphatic heterocycles. The average molecular weight is 388 g/mol. The maximum absolute atomic E-state index is 12.8. The van der Waals surface area contributed by atoms with Crippen molar-refractivity contribution < 1.29 is 17.9 Å². The highest BCUT2D eigenvalue weighted by Crippen LogP contribution is 2.24. The number of nitrogens with zero attached hydrogens (tertiary/aromatic N) is 1. The van der Waals surface area contributed by atoms with Gasteiger partial charge in [-0.3, -0.25) is 4.79 Å². The van der Waals surface area contributed by atoms with Crippen molar-refractivity contribution >= 4 is 21.6 Å². The summed E-state index contributed by atoms with van der Waals surface area (Å²) in [7, 11) is -3.61. The van der Waals surface area contributed by atoms with Gasteiger partial charge in [0, 0.05) is 24.3 Å². The Kier molecular flexibility index (Phi) is 5.94. The first-order valence-corrected chi connectivity index (χ1v) is 10.4. The van der Waals surface area contributed by atoms with E-state index < -0.39 is 10.0 Å². The monoisotopic (exact) mass is 388 g/mol. The normalized spacial score (nSPS) is 15.5. The molecule has 0 atom stereocenters. The third-order valence-corrected chi connectivity index (χ3v) is 6.58. The van der Waals surface area contributed by atoms with Gasteiger partial charge in [0.05, 0.1) is 18.1 Å². The number of benzene rings is 2. The van der Waals surface area contributed by atoms with Crippen LogP contribution < -0.4 is 5.32 Å². The molecule has 0 spiro atoms. The Hall–Kier alpha value is -2.22. The zero-order valence-corrected chi connectivity index (χ0v) is 16.4. The van der Waals surface area contributed by atoms with Gasteiger partial charge in [-0.2, -0.15) is 4.31 Å². The molecule has 7 heteroatoms. The maximum atomic E-state index is 12.8. The van der Waals surface area contributed by atoms with E-state index in [1.807, 2.05) is 19.1 Å². The number of carbonyl (C=O) groups is 1. The van der Waals surface area contributed by atoms with Crippen molar-refractivity contribution in [3.05, 3.63) is 59.2 Å². The molecule has 2 aromatic rings. The molecule has 1 heterocycles. The molecule has 1 amide bonds. The van der Waals surface area contributed by atoms with Crippen molar-refractivity contribution in [1.29, 1.82) is 0 Å². The minimum absolute atomic E-state index is 0.173. The summed E-state index contributed by atoms with van der Waals surface area (Å²) >= 11 is 0. The zero-order valence-electron chi connectivity index (χ0n) is 15.6. The Labute approximate surface area is 160 Å². The molecule has 0 bridgehead atoms. The number of aryl methyl sites for hydroxylation is 2. The first-order chi connectivity index (χ1) is 12.9. The fourth-order valence-corrected chi connectivity index (χ4v) is 4.35. The Morgan fingerprint density at radius 2 is 1.78 bits per heavy atom. The van der Waals surface area contributed by atoms with Gasteiger partial charge in [-0.15, -0.1) is 0 Å². The fourth-order valence-electron chi connectivity index (χ4n) is 2.92. The van der Waals surface area contributed by atoms with E-state index in [1.54, 1.807) is 24.3 Å². The molecule has 1 N–H and O–H groups in total. The molecule has 144 valence electrons. The van der Waals surface area contributed by atoms with Gasteiger partial charge in [0.2, 0.25) is 10.0 Å². The number of amides is 1. The number of carbonyl (C=O) groups excluding carboxylic acids is 1. The van der Waals surface area contributed by atoms with Gasteiger partial charge in [0.15, 0.2) is 0 Å². The van der Waals surface area contributed by atoms with Gasteiger partial charge in [0.1, 0.15) is 0 Å². The van der Waals surface area contributed by atoms with Crippen molar-refractivity contribution in [3.8, 4) is 0 Å². The lowest BCUT2D eigenvalue weighted by atomic mass is 10.1. The number of rotatable bonds is 5. The van der Waals surface area contributed by atoms with E-state index in [9.17, 15) is 13.2 Å². The van der Waals surface area contributed by atoms with E-state index in [1.165, 1.54) is 10.4 Å². The molecule has 2 aromatic carbocycles. The number of hydrogen-bond acceptors (Lipinski definition) is 4. The number of morpholine rings is 1. The second-order valence-electron chi connectivity index (χ2n) is 6.50. The number of sulfonamides is 1. The third kappa shape index (κ3) is 4.37. The first-order valence-electron chi connectivity index (χ1n) is 9.00. The molecule has 0 aliphatic carbocycles. The molecule has 0 saturated carbocycles. The van der Waals surface area contributed by atoms with Crippen LogP contribution in [0.1, 0.15) is 28.4 Å². The van der Waals surface area contributed by atoms with Crippen LogP contribution in [0.5, 0.6) is 0 Å². The predicted octanol–water partition coefficient (Wildman–Crippen LogP) is 2.83. The SMILES string of the molecule is CCc1ccc(C(=O)Nc2cc(S(=O)(=O)N3CCOCC3)ccc2C)cc1. The topological polar surface area (TPSA) is 75.7 Å². The van der Waals surface area contributed by atoms with Gasteiger partial charge in [-0.05, 0) is 48.7 Å². The lowest BCUT2D eigenvalue weighted by Crippen LogP contribution is -2.40. The summed E-state index contributed by atoms with van der Waals surface area (Å²) in [5, 5.41) is 2.83. The fraction of sp³-hybridized carbons (Fsp3) is 0.350. The average Bonchev–Trinajstić information content (AvgIpc) is 2.70. The molecule has 1 fully saturated rings. The molecular formula is C20H24N2O4S. The Morgan fingerprint density at radius 1 is 1.11 bits per heavy atom. The number of nitrogens with one attached hydrogen (secondary N) is 1. The van der Waals surface area contributed by atoms with Gasteiger partial charge in [-0.1, -0.05) is 25.1 Å². The van der Waals surface area contributed by atoms with Gasteiger partial charge in [0.25, 0.3) is 5.91 Å². The van der Waals surface area contributed by atoms with Crippen LogP contribution in [0.2, 0.25) is 0 Å². The number of anilines is 1. The number of ether oxygens (including phenoxy) is 1. The maximum Gasteiger partial charge on any atom is 0.255 e. The molecule has 0 unspecified atom stereocenters. The summed E-state index contributed by atoms with van der Waals surface area (Å²) in [6.07, 6.45) is 0.905. The van der Waals surface area contributed by atoms with Crippen LogP contribution in [0.3, 0.4) is 0 Å².